The quantitative estimate of drug-likeness (QED) is 0.160. The van der Waals surface area contributed by atoms with E-state index in [2.05, 4.69) is 127 Å². The molecule has 0 radical (unpaired) electrons. The Labute approximate surface area is 282 Å². The van der Waals surface area contributed by atoms with E-state index in [1.165, 1.54) is 0 Å². The summed E-state index contributed by atoms with van der Waals surface area (Å²) in [5, 5.41) is 0. The molecule has 0 unspecified atom stereocenters. The number of hydrogen-bond donors (Lipinski definition) is 0. The number of ether oxygens (including phenoxy) is 3. The van der Waals surface area contributed by atoms with Crippen molar-refractivity contribution in [3.8, 4) is 84.0 Å². The minimum atomic E-state index is 0.839. The fraction of sp³-hybridized carbons (Fsp3) is 0.0667. The van der Waals surface area contributed by atoms with Gasteiger partial charge >= 0.3 is 0 Å². The van der Waals surface area contributed by atoms with Crippen LogP contribution in [-0.4, -0.2) is 21.3 Å². The molecular weight excluding hydrogens is 588 g/mol. The van der Waals surface area contributed by atoms with Crippen molar-refractivity contribution in [2.75, 3.05) is 21.3 Å². The number of methoxy groups -OCH3 is 3. The van der Waals surface area contributed by atoms with Gasteiger partial charge in [0.2, 0.25) is 0 Å². The summed E-state index contributed by atoms with van der Waals surface area (Å²) < 4.78 is 16.4. The van der Waals surface area contributed by atoms with Crippen LogP contribution >= 0.6 is 0 Å². The van der Waals surface area contributed by atoms with Gasteiger partial charge in [-0.3, -0.25) is 0 Å². The first-order valence-corrected chi connectivity index (χ1v) is 16.0. The Morgan fingerprint density at radius 3 is 0.667 bits per heavy atom. The molecule has 7 aromatic rings. The standard InChI is InChI=1S/C45H36O3/c1-46-37-22-16-31(17-23-37)40-10-4-7-13-43(40)34-28-35(44-14-8-5-11-41(44)32-18-24-38(47-2)25-19-32)30-36(29-34)45-15-9-6-12-42(45)33-20-26-39(48-3)27-21-33/h4-30H,1-3H3. The van der Waals surface area contributed by atoms with Crippen molar-refractivity contribution in [3.63, 3.8) is 0 Å². The van der Waals surface area contributed by atoms with Crippen LogP contribution in [0.25, 0.3) is 66.8 Å². The maximum Gasteiger partial charge on any atom is 0.118 e. The van der Waals surface area contributed by atoms with Crippen LogP contribution in [0.1, 0.15) is 0 Å². The molecule has 0 aliphatic rings. The van der Waals surface area contributed by atoms with E-state index >= 15 is 0 Å². The molecule has 7 aromatic carbocycles. The maximum absolute atomic E-state index is 5.46. The minimum absolute atomic E-state index is 0.839. The predicted octanol–water partition coefficient (Wildman–Crippen LogP) is 11.7. The smallest absolute Gasteiger partial charge is 0.118 e. The highest BCUT2D eigenvalue weighted by Gasteiger charge is 2.16. The molecule has 0 saturated carbocycles. The van der Waals surface area contributed by atoms with Crippen LogP contribution in [0, 0.1) is 0 Å². The molecule has 7 rings (SSSR count). The molecule has 0 N–H and O–H groups in total. The Morgan fingerprint density at radius 2 is 0.458 bits per heavy atom. The summed E-state index contributed by atoms with van der Waals surface area (Å²) >= 11 is 0. The average Bonchev–Trinajstić information content (AvgIpc) is 3.18. The summed E-state index contributed by atoms with van der Waals surface area (Å²) in [5.41, 5.74) is 13.8. The molecule has 3 heteroatoms. The van der Waals surface area contributed by atoms with Crippen LogP contribution in [0.3, 0.4) is 0 Å². The van der Waals surface area contributed by atoms with Crippen molar-refractivity contribution < 1.29 is 14.2 Å². The SMILES string of the molecule is COc1ccc(-c2ccccc2-c2cc(-c3ccccc3-c3ccc(OC)cc3)cc(-c3ccccc3-c3ccc(OC)cc3)c2)cc1. The molecule has 0 atom stereocenters. The Balaban J connectivity index is 1.45. The third kappa shape index (κ3) is 6.19. The minimum Gasteiger partial charge on any atom is -0.497 e. The van der Waals surface area contributed by atoms with Crippen molar-refractivity contribution >= 4 is 0 Å². The van der Waals surface area contributed by atoms with E-state index in [1.807, 2.05) is 36.4 Å². The fourth-order valence-electron chi connectivity index (χ4n) is 6.37. The van der Waals surface area contributed by atoms with E-state index in [0.29, 0.717) is 0 Å². The van der Waals surface area contributed by atoms with Gasteiger partial charge in [0.25, 0.3) is 0 Å². The molecular formula is C45H36O3. The second-order valence-electron chi connectivity index (χ2n) is 11.6. The Kier molecular flexibility index (Phi) is 8.76. The van der Waals surface area contributed by atoms with Gasteiger partial charge in [0.1, 0.15) is 17.2 Å². The Bertz CT molecular complexity index is 1900. The van der Waals surface area contributed by atoms with Gasteiger partial charge in [0, 0.05) is 0 Å². The zero-order chi connectivity index (χ0) is 32.9. The zero-order valence-corrected chi connectivity index (χ0v) is 27.3. The van der Waals surface area contributed by atoms with Crippen LogP contribution in [0.15, 0.2) is 164 Å². The van der Waals surface area contributed by atoms with E-state index in [1.54, 1.807) is 21.3 Å². The summed E-state index contributed by atoms with van der Waals surface area (Å²) in [5.74, 6) is 2.52. The van der Waals surface area contributed by atoms with Gasteiger partial charge in [-0.05, 0) is 121 Å². The van der Waals surface area contributed by atoms with E-state index in [4.69, 9.17) is 14.2 Å². The molecule has 3 nitrogen and oxygen atoms in total. The highest BCUT2D eigenvalue weighted by molar-refractivity contribution is 5.94. The van der Waals surface area contributed by atoms with Gasteiger partial charge in [-0.15, -0.1) is 0 Å². The third-order valence-electron chi connectivity index (χ3n) is 8.85. The van der Waals surface area contributed by atoms with E-state index < -0.39 is 0 Å². The van der Waals surface area contributed by atoms with Crippen LogP contribution < -0.4 is 14.2 Å². The maximum atomic E-state index is 5.46. The van der Waals surface area contributed by atoms with E-state index in [-0.39, 0.29) is 0 Å². The fourth-order valence-corrected chi connectivity index (χ4v) is 6.37. The first-order valence-electron chi connectivity index (χ1n) is 16.0. The van der Waals surface area contributed by atoms with Gasteiger partial charge in [0.05, 0.1) is 21.3 Å². The van der Waals surface area contributed by atoms with Crippen molar-refractivity contribution in [2.24, 2.45) is 0 Å². The molecule has 0 aromatic heterocycles. The zero-order valence-electron chi connectivity index (χ0n) is 27.3. The molecule has 0 saturated heterocycles. The number of hydrogen-bond acceptors (Lipinski definition) is 3. The summed E-state index contributed by atoms with van der Waals surface area (Å²) in [7, 11) is 5.09. The van der Waals surface area contributed by atoms with Crippen LogP contribution in [0.5, 0.6) is 17.2 Å². The van der Waals surface area contributed by atoms with E-state index in [9.17, 15) is 0 Å². The van der Waals surface area contributed by atoms with Crippen molar-refractivity contribution in [2.45, 2.75) is 0 Å². The number of rotatable bonds is 9. The summed E-state index contributed by atoms with van der Waals surface area (Å²) in [6.45, 7) is 0. The highest BCUT2D eigenvalue weighted by atomic mass is 16.5. The Morgan fingerprint density at radius 1 is 0.250 bits per heavy atom. The van der Waals surface area contributed by atoms with Crippen molar-refractivity contribution in [1.29, 1.82) is 0 Å². The third-order valence-corrected chi connectivity index (χ3v) is 8.85. The van der Waals surface area contributed by atoms with Crippen molar-refractivity contribution in [1.82, 2.24) is 0 Å². The lowest BCUT2D eigenvalue weighted by molar-refractivity contribution is 0.415. The molecule has 0 fully saturated rings. The van der Waals surface area contributed by atoms with Crippen LogP contribution in [-0.2, 0) is 0 Å². The predicted molar refractivity (Wildman–Crippen MR) is 199 cm³/mol. The average molecular weight is 625 g/mol. The van der Waals surface area contributed by atoms with E-state index in [0.717, 1.165) is 84.0 Å². The largest absolute Gasteiger partial charge is 0.497 e. The molecule has 0 aliphatic carbocycles. The second kappa shape index (κ2) is 13.7. The number of benzene rings is 7. The van der Waals surface area contributed by atoms with Crippen LogP contribution in [0.2, 0.25) is 0 Å². The monoisotopic (exact) mass is 624 g/mol. The van der Waals surface area contributed by atoms with Gasteiger partial charge < -0.3 is 14.2 Å². The van der Waals surface area contributed by atoms with Crippen molar-refractivity contribution in [3.05, 3.63) is 164 Å². The lowest BCUT2D eigenvalue weighted by atomic mass is 9.86. The highest BCUT2D eigenvalue weighted by Crippen LogP contribution is 2.42. The molecule has 0 spiro atoms. The van der Waals surface area contributed by atoms with Gasteiger partial charge in [-0.2, -0.15) is 0 Å². The first-order chi connectivity index (χ1) is 23.6. The Hall–Kier alpha value is -6.06. The summed E-state index contributed by atoms with van der Waals surface area (Å²) in [6.07, 6.45) is 0. The molecule has 0 amide bonds. The molecule has 0 bridgehead atoms. The molecule has 0 heterocycles. The van der Waals surface area contributed by atoms with Crippen LogP contribution in [0.4, 0.5) is 0 Å². The second-order valence-corrected chi connectivity index (χ2v) is 11.6. The first kappa shape index (κ1) is 30.6. The normalized spacial score (nSPS) is 10.8. The lowest BCUT2D eigenvalue weighted by Gasteiger charge is -2.18. The summed E-state index contributed by atoms with van der Waals surface area (Å²) in [6, 6.07) is 57.7. The topological polar surface area (TPSA) is 27.7 Å². The molecule has 234 valence electrons. The lowest BCUT2D eigenvalue weighted by Crippen LogP contribution is -1.92. The molecule has 0 aliphatic heterocycles. The molecule has 48 heavy (non-hydrogen) atoms. The summed E-state index contributed by atoms with van der Waals surface area (Å²) in [4.78, 5) is 0. The van der Waals surface area contributed by atoms with Gasteiger partial charge in [-0.1, -0.05) is 109 Å². The van der Waals surface area contributed by atoms with Gasteiger partial charge in [-0.25, -0.2) is 0 Å². The van der Waals surface area contributed by atoms with Gasteiger partial charge in [0.15, 0.2) is 0 Å².